The Morgan fingerprint density at radius 3 is 2.81 bits per heavy atom. The van der Waals surface area contributed by atoms with Crippen LogP contribution in [0.25, 0.3) is 17.1 Å². The van der Waals surface area contributed by atoms with Crippen LogP contribution in [-0.4, -0.2) is 14.5 Å². The maximum atomic E-state index is 9.18. The van der Waals surface area contributed by atoms with E-state index in [0.29, 0.717) is 29.0 Å². The van der Waals surface area contributed by atoms with Gasteiger partial charge in [-0.15, -0.1) is 0 Å². The van der Waals surface area contributed by atoms with E-state index >= 15 is 0 Å². The van der Waals surface area contributed by atoms with Crippen LogP contribution in [0.3, 0.4) is 0 Å². The molecule has 1 aromatic carbocycles. The third kappa shape index (κ3) is 2.47. The van der Waals surface area contributed by atoms with E-state index in [1.165, 1.54) is 6.33 Å². The Bertz CT molecular complexity index is 840. The Morgan fingerprint density at radius 2 is 2.05 bits per heavy atom. The van der Waals surface area contributed by atoms with Gasteiger partial charge < -0.3 is 10.3 Å². The number of anilines is 1. The number of nitrogen functional groups attached to an aromatic ring is 1. The molecule has 0 amide bonds. The Morgan fingerprint density at radius 1 is 1.24 bits per heavy atom. The highest BCUT2D eigenvalue weighted by atomic mass is 15.1. The summed E-state index contributed by atoms with van der Waals surface area (Å²) in [6, 6.07) is 12.2. The van der Waals surface area contributed by atoms with Crippen molar-refractivity contribution in [1.29, 1.82) is 5.26 Å². The number of rotatable bonds is 3. The Kier molecular flexibility index (Phi) is 3.36. The number of nitrogens with zero attached hydrogens (tertiary/aromatic N) is 4. The lowest BCUT2D eigenvalue weighted by atomic mass is 10.2. The Labute approximate surface area is 122 Å². The molecule has 3 rings (SSSR count). The maximum absolute atomic E-state index is 9.18. The van der Waals surface area contributed by atoms with E-state index in [0.717, 1.165) is 5.56 Å². The summed E-state index contributed by atoms with van der Waals surface area (Å²) in [5, 5.41) is 9.80. The summed E-state index contributed by atoms with van der Waals surface area (Å²) >= 11 is 0. The molecule has 0 unspecified atom stereocenters. The number of nitrogens with two attached hydrogens (primary N) is 1. The molecule has 5 heteroatoms. The second kappa shape index (κ2) is 5.47. The van der Waals surface area contributed by atoms with E-state index in [-0.39, 0.29) is 0 Å². The summed E-state index contributed by atoms with van der Waals surface area (Å²) in [5.41, 5.74) is 8.13. The highest BCUT2D eigenvalue weighted by molar-refractivity contribution is 5.91. The molecule has 0 atom stereocenters. The van der Waals surface area contributed by atoms with Crippen LogP contribution in [0.15, 0.2) is 48.9 Å². The molecule has 0 aliphatic heterocycles. The van der Waals surface area contributed by atoms with Gasteiger partial charge in [0.2, 0.25) is 0 Å². The van der Waals surface area contributed by atoms with Gasteiger partial charge in [0.1, 0.15) is 23.9 Å². The summed E-state index contributed by atoms with van der Waals surface area (Å²) in [5.74, 6) is 0.335. The summed E-state index contributed by atoms with van der Waals surface area (Å²) in [4.78, 5) is 8.16. The fraction of sp³-hybridized carbons (Fsp3) is 0.0625. The second-order valence-electron chi connectivity index (χ2n) is 4.58. The largest absolute Gasteiger partial charge is 0.383 e. The molecule has 2 aromatic heterocycles. The van der Waals surface area contributed by atoms with E-state index < -0.39 is 0 Å². The topological polar surface area (TPSA) is 80.5 Å². The molecule has 5 nitrogen and oxygen atoms in total. The molecule has 0 spiro atoms. The molecular weight excluding hydrogens is 262 g/mol. The first-order chi connectivity index (χ1) is 10.3. The SMILES string of the molecule is N#Cc1cn(CC=Cc2ccccc2)c2ncnc(N)c12. The number of hydrogen-bond acceptors (Lipinski definition) is 4. The lowest BCUT2D eigenvalue weighted by Gasteiger charge is -2.00. The fourth-order valence-electron chi connectivity index (χ4n) is 2.24. The fourth-order valence-corrected chi connectivity index (χ4v) is 2.24. The quantitative estimate of drug-likeness (QED) is 0.796. The number of allylic oxidation sites excluding steroid dienone is 1. The molecule has 0 fully saturated rings. The zero-order chi connectivity index (χ0) is 14.7. The van der Waals surface area contributed by atoms with Gasteiger partial charge in [0, 0.05) is 12.7 Å². The maximum Gasteiger partial charge on any atom is 0.147 e. The minimum absolute atomic E-state index is 0.335. The number of nitriles is 1. The molecule has 0 bridgehead atoms. The van der Waals surface area contributed by atoms with Gasteiger partial charge >= 0.3 is 0 Å². The van der Waals surface area contributed by atoms with Crippen LogP contribution >= 0.6 is 0 Å². The molecule has 102 valence electrons. The minimum atomic E-state index is 0.335. The van der Waals surface area contributed by atoms with Gasteiger partial charge in [0.05, 0.1) is 10.9 Å². The monoisotopic (exact) mass is 275 g/mol. The number of hydrogen-bond donors (Lipinski definition) is 1. The van der Waals surface area contributed by atoms with E-state index in [9.17, 15) is 5.26 Å². The van der Waals surface area contributed by atoms with Crippen molar-refractivity contribution < 1.29 is 0 Å². The van der Waals surface area contributed by atoms with Gasteiger partial charge in [0.25, 0.3) is 0 Å². The minimum Gasteiger partial charge on any atom is -0.383 e. The van der Waals surface area contributed by atoms with Crippen LogP contribution in [0.1, 0.15) is 11.1 Å². The number of aromatic nitrogens is 3. The van der Waals surface area contributed by atoms with Crippen molar-refractivity contribution >= 4 is 22.9 Å². The molecule has 21 heavy (non-hydrogen) atoms. The molecule has 0 aliphatic rings. The van der Waals surface area contributed by atoms with Gasteiger partial charge in [0.15, 0.2) is 0 Å². The van der Waals surface area contributed by atoms with Gasteiger partial charge in [-0.05, 0) is 5.56 Å². The summed E-state index contributed by atoms with van der Waals surface area (Å²) in [7, 11) is 0. The van der Waals surface area contributed by atoms with Gasteiger partial charge in [-0.1, -0.05) is 42.5 Å². The van der Waals surface area contributed by atoms with E-state index in [1.807, 2.05) is 47.1 Å². The Hall–Kier alpha value is -3.13. The summed E-state index contributed by atoms with van der Waals surface area (Å²) < 4.78 is 1.89. The molecule has 0 saturated carbocycles. The molecule has 0 radical (unpaired) electrons. The van der Waals surface area contributed by atoms with E-state index in [2.05, 4.69) is 16.0 Å². The first-order valence-electron chi connectivity index (χ1n) is 6.50. The smallest absolute Gasteiger partial charge is 0.147 e. The van der Waals surface area contributed by atoms with Crippen molar-refractivity contribution in [3.05, 3.63) is 60.1 Å². The lowest BCUT2D eigenvalue weighted by molar-refractivity contribution is 0.850. The highest BCUT2D eigenvalue weighted by Gasteiger charge is 2.12. The van der Waals surface area contributed by atoms with Crippen molar-refractivity contribution in [2.45, 2.75) is 6.54 Å². The normalized spacial score (nSPS) is 11.0. The van der Waals surface area contributed by atoms with Crippen LogP contribution in [0.4, 0.5) is 5.82 Å². The first kappa shape index (κ1) is 12.9. The average molecular weight is 275 g/mol. The van der Waals surface area contributed by atoms with Gasteiger partial charge in [-0.2, -0.15) is 5.26 Å². The van der Waals surface area contributed by atoms with Crippen LogP contribution < -0.4 is 5.73 Å². The molecule has 0 aliphatic carbocycles. The summed E-state index contributed by atoms with van der Waals surface area (Å²) in [6.45, 7) is 0.615. The van der Waals surface area contributed by atoms with Crippen molar-refractivity contribution in [2.24, 2.45) is 0 Å². The first-order valence-corrected chi connectivity index (χ1v) is 6.50. The Balaban J connectivity index is 1.93. The number of fused-ring (bicyclic) bond motifs is 1. The predicted octanol–water partition coefficient (Wildman–Crippen LogP) is 2.60. The molecule has 2 N–H and O–H groups in total. The number of benzene rings is 1. The molecular formula is C16H13N5. The van der Waals surface area contributed by atoms with Crippen LogP contribution in [0.2, 0.25) is 0 Å². The molecule has 2 heterocycles. The third-order valence-corrected chi connectivity index (χ3v) is 3.22. The van der Waals surface area contributed by atoms with Crippen molar-refractivity contribution in [2.75, 3.05) is 5.73 Å². The van der Waals surface area contributed by atoms with Crippen LogP contribution in [0, 0.1) is 11.3 Å². The zero-order valence-electron chi connectivity index (χ0n) is 11.3. The van der Waals surface area contributed by atoms with Crippen molar-refractivity contribution in [1.82, 2.24) is 14.5 Å². The summed E-state index contributed by atoms with van der Waals surface area (Å²) in [6.07, 6.45) is 7.22. The second-order valence-corrected chi connectivity index (χ2v) is 4.58. The van der Waals surface area contributed by atoms with Crippen LogP contribution in [-0.2, 0) is 6.54 Å². The molecule has 3 aromatic rings. The lowest BCUT2D eigenvalue weighted by Crippen LogP contribution is -1.97. The third-order valence-electron chi connectivity index (χ3n) is 3.22. The zero-order valence-corrected chi connectivity index (χ0v) is 11.3. The van der Waals surface area contributed by atoms with Crippen LogP contribution in [0.5, 0.6) is 0 Å². The standard InChI is InChI=1S/C16H13N5/c17-9-13-10-21(16-14(13)15(18)19-11-20-16)8-4-7-12-5-2-1-3-6-12/h1-7,10-11H,8H2,(H2,18,19,20). The average Bonchev–Trinajstić information content (AvgIpc) is 2.88. The van der Waals surface area contributed by atoms with Gasteiger partial charge in [-0.3, -0.25) is 0 Å². The highest BCUT2D eigenvalue weighted by Crippen LogP contribution is 2.23. The van der Waals surface area contributed by atoms with Crippen molar-refractivity contribution in [3.63, 3.8) is 0 Å². The van der Waals surface area contributed by atoms with E-state index in [1.54, 1.807) is 6.20 Å². The van der Waals surface area contributed by atoms with E-state index in [4.69, 9.17) is 5.73 Å². The molecule has 0 saturated heterocycles. The predicted molar refractivity (Wildman–Crippen MR) is 82.1 cm³/mol. The van der Waals surface area contributed by atoms with Gasteiger partial charge in [-0.25, -0.2) is 9.97 Å². The van der Waals surface area contributed by atoms with Crippen molar-refractivity contribution in [3.8, 4) is 6.07 Å².